The number of H-pyrrole nitrogens is 1. The number of hydrogen-bond acceptors (Lipinski definition) is 7. The van der Waals surface area contributed by atoms with Crippen molar-refractivity contribution in [2.45, 2.75) is 12.5 Å². The Morgan fingerprint density at radius 1 is 1.35 bits per heavy atom. The molecular weight excluding hydrogens is 354 g/mol. The maximum Gasteiger partial charge on any atom is 0.278 e. The molecule has 0 aliphatic carbocycles. The fourth-order valence-electron chi connectivity index (χ4n) is 2.85. The van der Waals surface area contributed by atoms with Gasteiger partial charge in [0.15, 0.2) is 5.69 Å². The number of nitrogens with zero attached hydrogens (tertiary/aromatic N) is 4. The molecule has 1 amide bonds. The van der Waals surface area contributed by atoms with Gasteiger partial charge < -0.3 is 14.4 Å². The summed E-state index contributed by atoms with van der Waals surface area (Å²) in [6.45, 7) is 1.08. The molecule has 1 aliphatic rings. The van der Waals surface area contributed by atoms with Crippen molar-refractivity contribution in [1.82, 2.24) is 25.1 Å². The number of likely N-dealkylation sites (tertiary alicyclic amines) is 1. The third kappa shape index (κ3) is 3.25. The van der Waals surface area contributed by atoms with E-state index in [-0.39, 0.29) is 12.0 Å². The molecule has 1 N–H and O–H groups in total. The van der Waals surface area contributed by atoms with Gasteiger partial charge in [0, 0.05) is 25.4 Å². The lowest BCUT2D eigenvalue weighted by molar-refractivity contribution is 0.0764. The number of ether oxygens (including phenoxy) is 2. The minimum Gasteiger partial charge on any atom is -0.477 e. The second-order valence-electron chi connectivity index (χ2n) is 5.79. The van der Waals surface area contributed by atoms with Crippen LogP contribution < -0.4 is 9.47 Å². The van der Waals surface area contributed by atoms with Crippen LogP contribution in [-0.4, -0.2) is 57.3 Å². The number of amides is 1. The number of carbonyl (C=O) groups excluding carboxylic acids is 1. The lowest BCUT2D eigenvalue weighted by Gasteiger charge is -2.16. The molecule has 26 heavy (non-hydrogen) atoms. The first-order chi connectivity index (χ1) is 12.7. The number of aromatic nitrogens is 4. The van der Waals surface area contributed by atoms with Gasteiger partial charge in [-0.3, -0.25) is 9.89 Å². The Labute approximate surface area is 153 Å². The van der Waals surface area contributed by atoms with Crippen molar-refractivity contribution < 1.29 is 14.3 Å². The molecule has 9 heteroatoms. The van der Waals surface area contributed by atoms with Gasteiger partial charge in [-0.15, -0.1) is 11.3 Å². The highest BCUT2D eigenvalue weighted by Crippen LogP contribution is 2.26. The molecule has 4 rings (SSSR count). The molecule has 1 aliphatic heterocycles. The highest BCUT2D eigenvalue weighted by Gasteiger charge is 2.30. The maximum absolute atomic E-state index is 12.7. The standard InChI is InChI=1S/C17H17N5O3S/c1-24-15-16(19-6-5-18-15)25-11-4-7-22(10-11)17(23)13-9-12(20-21-13)14-3-2-8-26-14/h2-3,5-6,8-9,11H,4,7,10H2,1H3,(H,20,21). The van der Waals surface area contributed by atoms with E-state index in [1.807, 2.05) is 17.5 Å². The molecule has 0 saturated carbocycles. The summed E-state index contributed by atoms with van der Waals surface area (Å²) in [5.41, 5.74) is 1.26. The molecule has 1 atom stereocenters. The smallest absolute Gasteiger partial charge is 0.278 e. The average molecular weight is 371 g/mol. The van der Waals surface area contributed by atoms with Crippen molar-refractivity contribution in [2.75, 3.05) is 20.2 Å². The van der Waals surface area contributed by atoms with E-state index in [0.29, 0.717) is 37.0 Å². The summed E-state index contributed by atoms with van der Waals surface area (Å²) in [5.74, 6) is 0.570. The van der Waals surface area contributed by atoms with Crippen LogP contribution in [0.2, 0.25) is 0 Å². The van der Waals surface area contributed by atoms with E-state index in [4.69, 9.17) is 9.47 Å². The van der Waals surface area contributed by atoms with E-state index >= 15 is 0 Å². The molecule has 1 fully saturated rings. The Bertz CT molecular complexity index is 895. The zero-order valence-electron chi connectivity index (χ0n) is 14.1. The van der Waals surface area contributed by atoms with Gasteiger partial charge in [-0.1, -0.05) is 6.07 Å². The average Bonchev–Trinajstić information content (AvgIpc) is 3.42. The first-order valence-electron chi connectivity index (χ1n) is 8.15. The van der Waals surface area contributed by atoms with Gasteiger partial charge in [0.1, 0.15) is 6.10 Å². The summed E-state index contributed by atoms with van der Waals surface area (Å²) in [6.07, 6.45) is 3.65. The normalized spacial score (nSPS) is 16.7. The van der Waals surface area contributed by atoms with Gasteiger partial charge >= 0.3 is 0 Å². The Balaban J connectivity index is 1.41. The number of hydrogen-bond donors (Lipinski definition) is 1. The van der Waals surface area contributed by atoms with Crippen LogP contribution in [-0.2, 0) is 0 Å². The molecule has 3 aromatic rings. The maximum atomic E-state index is 12.7. The molecule has 1 saturated heterocycles. The van der Waals surface area contributed by atoms with Crippen LogP contribution in [0.3, 0.4) is 0 Å². The number of thiophene rings is 1. The lowest BCUT2D eigenvalue weighted by atomic mass is 10.3. The van der Waals surface area contributed by atoms with Crippen LogP contribution in [0.15, 0.2) is 36.0 Å². The summed E-state index contributed by atoms with van der Waals surface area (Å²) in [4.78, 5) is 23.7. The number of aromatic amines is 1. The minimum atomic E-state index is -0.153. The summed E-state index contributed by atoms with van der Waals surface area (Å²) < 4.78 is 11.0. The quantitative estimate of drug-likeness (QED) is 0.739. The van der Waals surface area contributed by atoms with Gasteiger partial charge in [0.2, 0.25) is 0 Å². The SMILES string of the molecule is COc1nccnc1OC1CCN(C(=O)c2cc(-c3cccs3)[nH]n2)C1. The van der Waals surface area contributed by atoms with Crippen LogP contribution in [0.1, 0.15) is 16.9 Å². The highest BCUT2D eigenvalue weighted by atomic mass is 32.1. The first kappa shape index (κ1) is 16.5. The molecule has 4 heterocycles. The summed E-state index contributed by atoms with van der Waals surface area (Å²) >= 11 is 1.60. The van der Waals surface area contributed by atoms with E-state index < -0.39 is 0 Å². The predicted molar refractivity (Wildman–Crippen MR) is 95.4 cm³/mol. The predicted octanol–water partition coefficient (Wildman–Crippen LogP) is 2.23. The minimum absolute atomic E-state index is 0.110. The van der Waals surface area contributed by atoms with Gasteiger partial charge in [-0.2, -0.15) is 5.10 Å². The number of methoxy groups -OCH3 is 1. The fourth-order valence-corrected chi connectivity index (χ4v) is 3.54. The van der Waals surface area contributed by atoms with E-state index in [1.165, 1.54) is 7.11 Å². The van der Waals surface area contributed by atoms with E-state index in [1.54, 1.807) is 34.7 Å². The van der Waals surface area contributed by atoms with E-state index in [0.717, 1.165) is 10.6 Å². The van der Waals surface area contributed by atoms with E-state index in [2.05, 4.69) is 20.2 Å². The largest absolute Gasteiger partial charge is 0.477 e. The summed E-state index contributed by atoms with van der Waals surface area (Å²) in [7, 11) is 1.52. The fraction of sp³-hybridized carbons (Fsp3) is 0.294. The summed E-state index contributed by atoms with van der Waals surface area (Å²) in [5, 5.41) is 9.07. The van der Waals surface area contributed by atoms with Crippen LogP contribution in [0.5, 0.6) is 11.8 Å². The Kier molecular flexibility index (Phi) is 4.53. The lowest BCUT2D eigenvalue weighted by Crippen LogP contribution is -2.31. The molecule has 0 aromatic carbocycles. The van der Waals surface area contributed by atoms with Gasteiger partial charge in [0.25, 0.3) is 17.7 Å². The molecular formula is C17H17N5O3S. The Hall–Kier alpha value is -2.94. The molecule has 1 unspecified atom stereocenters. The van der Waals surface area contributed by atoms with Crippen molar-refractivity contribution in [1.29, 1.82) is 0 Å². The van der Waals surface area contributed by atoms with E-state index in [9.17, 15) is 4.79 Å². The van der Waals surface area contributed by atoms with Crippen molar-refractivity contribution >= 4 is 17.2 Å². The van der Waals surface area contributed by atoms with Crippen molar-refractivity contribution in [3.63, 3.8) is 0 Å². The number of carbonyl (C=O) groups is 1. The van der Waals surface area contributed by atoms with Gasteiger partial charge in [-0.05, 0) is 17.5 Å². The topological polar surface area (TPSA) is 93.2 Å². The molecule has 0 radical (unpaired) electrons. The first-order valence-corrected chi connectivity index (χ1v) is 9.03. The third-order valence-electron chi connectivity index (χ3n) is 4.12. The third-order valence-corrected chi connectivity index (χ3v) is 5.02. The Morgan fingerprint density at radius 2 is 2.19 bits per heavy atom. The summed E-state index contributed by atoms with van der Waals surface area (Å²) in [6, 6.07) is 5.74. The van der Waals surface area contributed by atoms with Crippen LogP contribution in [0.25, 0.3) is 10.6 Å². The van der Waals surface area contributed by atoms with Gasteiger partial charge in [0.05, 0.1) is 24.2 Å². The highest BCUT2D eigenvalue weighted by molar-refractivity contribution is 7.13. The zero-order valence-corrected chi connectivity index (χ0v) is 14.9. The Morgan fingerprint density at radius 3 is 2.96 bits per heavy atom. The van der Waals surface area contributed by atoms with Crippen LogP contribution >= 0.6 is 11.3 Å². The van der Waals surface area contributed by atoms with Gasteiger partial charge in [-0.25, -0.2) is 9.97 Å². The van der Waals surface area contributed by atoms with Crippen molar-refractivity contribution in [3.05, 3.63) is 41.7 Å². The molecule has 134 valence electrons. The van der Waals surface area contributed by atoms with Crippen LogP contribution in [0.4, 0.5) is 0 Å². The zero-order chi connectivity index (χ0) is 17.9. The number of nitrogens with one attached hydrogen (secondary N) is 1. The van der Waals surface area contributed by atoms with Crippen molar-refractivity contribution in [2.24, 2.45) is 0 Å². The monoisotopic (exact) mass is 371 g/mol. The molecule has 0 bridgehead atoms. The van der Waals surface area contributed by atoms with Crippen LogP contribution in [0, 0.1) is 0 Å². The second-order valence-corrected chi connectivity index (χ2v) is 6.74. The second kappa shape index (κ2) is 7.12. The molecule has 8 nitrogen and oxygen atoms in total. The van der Waals surface area contributed by atoms with Crippen molar-refractivity contribution in [3.8, 4) is 22.3 Å². The number of rotatable bonds is 5. The molecule has 0 spiro atoms. The molecule has 3 aromatic heterocycles.